The lowest BCUT2D eigenvalue weighted by molar-refractivity contribution is -0.123. The maximum absolute atomic E-state index is 11.4. The zero-order chi connectivity index (χ0) is 13.5. The van der Waals surface area contributed by atoms with Crippen molar-refractivity contribution >= 4 is 53.1 Å². The summed E-state index contributed by atoms with van der Waals surface area (Å²) >= 11 is 17.5. The first-order valence-corrected chi connectivity index (χ1v) is 6.36. The van der Waals surface area contributed by atoms with Crippen molar-refractivity contribution in [2.75, 3.05) is 26.7 Å². The summed E-state index contributed by atoms with van der Waals surface area (Å²) in [6.07, 6.45) is 0. The topological polar surface area (TPSA) is 50.4 Å². The van der Waals surface area contributed by atoms with Crippen LogP contribution in [0.25, 0.3) is 0 Å². The molecule has 1 aromatic rings. The van der Waals surface area contributed by atoms with E-state index < -0.39 is 0 Å². The number of halogens is 4. The summed E-state index contributed by atoms with van der Waals surface area (Å²) < 4.78 is 5.26. The molecule has 0 fully saturated rings. The van der Waals surface area contributed by atoms with Gasteiger partial charge in [-0.2, -0.15) is 0 Å². The monoisotopic (exact) mass is 346 g/mol. The Bertz CT molecular complexity index is 429. The lowest BCUT2D eigenvalue weighted by Gasteiger charge is -2.09. The van der Waals surface area contributed by atoms with Gasteiger partial charge in [-0.3, -0.25) is 4.79 Å². The molecule has 108 valence electrons. The van der Waals surface area contributed by atoms with E-state index in [1.54, 1.807) is 7.05 Å². The molecular formula is C11H14Cl4N2O2. The molecule has 0 unspecified atom stereocenters. The Balaban J connectivity index is 0.00000324. The van der Waals surface area contributed by atoms with Crippen LogP contribution in [0.4, 0.5) is 0 Å². The molecule has 1 rings (SSSR count). The van der Waals surface area contributed by atoms with Crippen molar-refractivity contribution < 1.29 is 9.53 Å². The molecule has 0 aliphatic rings. The Morgan fingerprint density at radius 2 is 1.79 bits per heavy atom. The van der Waals surface area contributed by atoms with Crippen LogP contribution in [0.1, 0.15) is 0 Å². The SMILES string of the molecule is CNCCNC(=O)COc1cc(Cl)c(Cl)cc1Cl.Cl. The predicted molar refractivity (Wildman–Crippen MR) is 81.2 cm³/mol. The van der Waals surface area contributed by atoms with Gasteiger partial charge in [-0.15, -0.1) is 12.4 Å². The van der Waals surface area contributed by atoms with Gasteiger partial charge >= 0.3 is 0 Å². The number of hydrogen-bond donors (Lipinski definition) is 2. The molecule has 0 spiro atoms. The molecule has 0 aromatic heterocycles. The second-order valence-electron chi connectivity index (χ2n) is 3.44. The summed E-state index contributed by atoms with van der Waals surface area (Å²) in [4.78, 5) is 11.4. The summed E-state index contributed by atoms with van der Waals surface area (Å²) in [7, 11) is 1.80. The van der Waals surface area contributed by atoms with Crippen molar-refractivity contribution in [3.05, 3.63) is 27.2 Å². The molecule has 0 heterocycles. The molecule has 0 radical (unpaired) electrons. The second-order valence-corrected chi connectivity index (χ2v) is 4.66. The lowest BCUT2D eigenvalue weighted by atomic mass is 10.3. The second kappa shape index (κ2) is 9.50. The fourth-order valence-electron chi connectivity index (χ4n) is 1.14. The molecule has 2 N–H and O–H groups in total. The van der Waals surface area contributed by atoms with Crippen LogP contribution in [0, 0.1) is 0 Å². The van der Waals surface area contributed by atoms with Crippen LogP contribution < -0.4 is 15.4 Å². The molecule has 4 nitrogen and oxygen atoms in total. The average molecular weight is 348 g/mol. The fraction of sp³-hybridized carbons (Fsp3) is 0.364. The fourth-order valence-corrected chi connectivity index (χ4v) is 1.73. The van der Waals surface area contributed by atoms with Gasteiger partial charge < -0.3 is 15.4 Å². The predicted octanol–water partition coefficient (Wildman–Crippen LogP) is 2.78. The molecule has 19 heavy (non-hydrogen) atoms. The standard InChI is InChI=1S/C11H13Cl3N2O2.ClH/c1-15-2-3-16-11(17)6-18-10-5-8(13)7(12)4-9(10)14;/h4-5,15H,2-3,6H2,1H3,(H,16,17);1H. The van der Waals surface area contributed by atoms with Crippen molar-refractivity contribution in [1.29, 1.82) is 0 Å². The number of rotatable bonds is 6. The highest BCUT2D eigenvalue weighted by Gasteiger charge is 2.09. The lowest BCUT2D eigenvalue weighted by Crippen LogP contribution is -2.33. The van der Waals surface area contributed by atoms with E-state index in [1.165, 1.54) is 12.1 Å². The zero-order valence-electron chi connectivity index (χ0n) is 10.1. The minimum absolute atomic E-state index is 0. The Morgan fingerprint density at radius 1 is 1.16 bits per heavy atom. The Kier molecular flexibility index (Phi) is 9.31. The maximum atomic E-state index is 11.4. The van der Waals surface area contributed by atoms with Crippen molar-refractivity contribution in [2.24, 2.45) is 0 Å². The number of likely N-dealkylation sites (N-methyl/N-ethyl adjacent to an activating group) is 1. The van der Waals surface area contributed by atoms with E-state index in [0.717, 1.165) is 0 Å². The number of hydrogen-bond acceptors (Lipinski definition) is 3. The molecule has 0 bridgehead atoms. The van der Waals surface area contributed by atoms with E-state index >= 15 is 0 Å². The van der Waals surface area contributed by atoms with E-state index in [1.807, 2.05) is 0 Å². The van der Waals surface area contributed by atoms with Gasteiger partial charge in [-0.05, 0) is 13.1 Å². The molecule has 0 saturated carbocycles. The zero-order valence-corrected chi connectivity index (χ0v) is 13.2. The quantitative estimate of drug-likeness (QED) is 0.614. The first-order chi connectivity index (χ1) is 8.54. The normalized spacial score (nSPS) is 9.68. The highest BCUT2D eigenvalue weighted by atomic mass is 35.5. The Morgan fingerprint density at radius 3 is 2.42 bits per heavy atom. The Hall–Kier alpha value is -0.390. The summed E-state index contributed by atoms with van der Waals surface area (Å²) in [5.41, 5.74) is 0. The third-order valence-corrected chi connectivity index (χ3v) is 3.05. The summed E-state index contributed by atoms with van der Waals surface area (Å²) in [5, 5.41) is 6.56. The van der Waals surface area contributed by atoms with Crippen LogP contribution in [0.5, 0.6) is 5.75 Å². The smallest absolute Gasteiger partial charge is 0.257 e. The first-order valence-electron chi connectivity index (χ1n) is 5.23. The molecule has 0 aliphatic heterocycles. The molecule has 0 atom stereocenters. The van der Waals surface area contributed by atoms with Crippen molar-refractivity contribution in [2.45, 2.75) is 0 Å². The molecule has 1 aromatic carbocycles. The van der Waals surface area contributed by atoms with Crippen molar-refractivity contribution in [3.63, 3.8) is 0 Å². The van der Waals surface area contributed by atoms with Gasteiger partial charge in [0, 0.05) is 19.2 Å². The van der Waals surface area contributed by atoms with E-state index in [0.29, 0.717) is 33.9 Å². The average Bonchev–Trinajstić information content (AvgIpc) is 2.32. The molecule has 0 aliphatic carbocycles. The van der Waals surface area contributed by atoms with Crippen LogP contribution >= 0.6 is 47.2 Å². The molecule has 1 amide bonds. The van der Waals surface area contributed by atoms with E-state index in [4.69, 9.17) is 39.5 Å². The number of nitrogens with one attached hydrogen (secondary N) is 2. The molecule has 8 heteroatoms. The minimum atomic E-state index is -0.229. The largest absolute Gasteiger partial charge is 0.482 e. The van der Waals surface area contributed by atoms with Gasteiger partial charge in [-0.1, -0.05) is 34.8 Å². The van der Waals surface area contributed by atoms with Gasteiger partial charge in [-0.25, -0.2) is 0 Å². The van der Waals surface area contributed by atoms with Gasteiger partial charge in [0.1, 0.15) is 5.75 Å². The minimum Gasteiger partial charge on any atom is -0.482 e. The number of carbonyl (C=O) groups is 1. The molecular weight excluding hydrogens is 334 g/mol. The van der Waals surface area contributed by atoms with Crippen LogP contribution in [0.2, 0.25) is 15.1 Å². The van der Waals surface area contributed by atoms with Crippen LogP contribution in [-0.2, 0) is 4.79 Å². The number of amides is 1. The van der Waals surface area contributed by atoms with E-state index in [2.05, 4.69) is 10.6 Å². The number of carbonyl (C=O) groups excluding carboxylic acids is 1. The van der Waals surface area contributed by atoms with Crippen molar-refractivity contribution in [1.82, 2.24) is 10.6 Å². The van der Waals surface area contributed by atoms with E-state index in [-0.39, 0.29) is 24.9 Å². The van der Waals surface area contributed by atoms with Crippen LogP contribution in [0.3, 0.4) is 0 Å². The highest BCUT2D eigenvalue weighted by molar-refractivity contribution is 6.43. The summed E-state index contributed by atoms with van der Waals surface area (Å²) in [6.45, 7) is 1.11. The summed E-state index contributed by atoms with van der Waals surface area (Å²) in [6, 6.07) is 2.95. The highest BCUT2D eigenvalue weighted by Crippen LogP contribution is 2.33. The van der Waals surface area contributed by atoms with Crippen molar-refractivity contribution in [3.8, 4) is 5.75 Å². The van der Waals surface area contributed by atoms with Crippen LogP contribution in [-0.4, -0.2) is 32.7 Å². The maximum Gasteiger partial charge on any atom is 0.257 e. The molecule has 0 saturated heterocycles. The number of ether oxygens (including phenoxy) is 1. The van der Waals surface area contributed by atoms with Gasteiger partial charge in [0.25, 0.3) is 5.91 Å². The van der Waals surface area contributed by atoms with Crippen LogP contribution in [0.15, 0.2) is 12.1 Å². The van der Waals surface area contributed by atoms with Gasteiger partial charge in [0.05, 0.1) is 15.1 Å². The first kappa shape index (κ1) is 18.6. The number of benzene rings is 1. The summed E-state index contributed by atoms with van der Waals surface area (Å²) in [5.74, 6) is 0.0993. The van der Waals surface area contributed by atoms with Gasteiger partial charge in [0.15, 0.2) is 6.61 Å². The van der Waals surface area contributed by atoms with E-state index in [9.17, 15) is 4.79 Å². The third kappa shape index (κ3) is 6.54. The Labute approximate surface area is 133 Å². The third-order valence-electron chi connectivity index (χ3n) is 2.03. The van der Waals surface area contributed by atoms with Gasteiger partial charge in [0.2, 0.25) is 0 Å².